The van der Waals surface area contributed by atoms with Gasteiger partial charge in [-0.15, -0.1) is 4.90 Å². The van der Waals surface area contributed by atoms with Gasteiger partial charge in [0.05, 0.1) is 0 Å². The first kappa shape index (κ1) is 42.1. The summed E-state index contributed by atoms with van der Waals surface area (Å²) in [5.74, 6) is 0.151. The number of ether oxygens (including phenoxy) is 2. The second-order valence-electron chi connectivity index (χ2n) is 12.6. The molecule has 0 aliphatic heterocycles. The van der Waals surface area contributed by atoms with Crippen molar-refractivity contribution >= 4 is 154 Å². The Bertz CT molecular complexity index is 928. The van der Waals surface area contributed by atoms with Gasteiger partial charge in [0.1, 0.15) is 11.2 Å². The molecule has 191 valence electrons. The lowest BCUT2D eigenvalue weighted by molar-refractivity contribution is 0.0427. The minimum atomic E-state index is -0.881. The molecule has 1 heterocycles. The van der Waals surface area contributed by atoms with Crippen LogP contribution in [0.1, 0.15) is 66.9 Å². The minimum absolute atomic E-state index is 0.0806. The monoisotopic (exact) mass is 546 g/mol. The number of anilines is 1. The van der Waals surface area contributed by atoms with E-state index in [0.717, 1.165) is 5.56 Å². The third kappa shape index (κ3) is 14.8. The van der Waals surface area contributed by atoms with Gasteiger partial charge < -0.3 is 9.47 Å². The van der Waals surface area contributed by atoms with E-state index in [1.54, 1.807) is 53.9 Å². The Balaban J connectivity index is 0.000000846. The zero-order chi connectivity index (χ0) is 34.0. The lowest BCUT2D eigenvalue weighted by Crippen LogP contribution is -2.79. The molecule has 1 rings (SSSR count). The fraction of sp³-hybridized carbons (Fsp3) is 0.647. The summed E-state index contributed by atoms with van der Waals surface area (Å²) in [5.41, 5.74) is -0.642. The molecule has 0 bridgehead atoms. The normalized spacial score (nSPS) is 10.7. The molecule has 0 saturated heterocycles. The van der Waals surface area contributed by atoms with E-state index in [1.165, 1.54) is 7.06 Å². The molecule has 43 heavy (non-hydrogen) atoms. The van der Waals surface area contributed by atoms with Crippen LogP contribution in [0.15, 0.2) is 12.4 Å². The molecule has 2 amide bonds. The van der Waals surface area contributed by atoms with Crippen molar-refractivity contribution in [3.8, 4) is 0 Å². The van der Waals surface area contributed by atoms with Crippen molar-refractivity contribution in [1.29, 1.82) is 0 Å². The Kier molecular flexibility index (Phi) is 17.9. The maximum absolute atomic E-state index is 12.4. The lowest BCUT2D eigenvalue weighted by atomic mass is 8.40. The Hall–Kier alpha value is -0.946. The molecule has 0 N–H and O–H groups in total. The average molecular weight is 543 g/mol. The summed E-state index contributed by atoms with van der Waals surface area (Å²) in [5, 5.41) is 0. The van der Waals surface area contributed by atoms with Crippen LogP contribution in [0.5, 0.6) is 0 Å². The van der Waals surface area contributed by atoms with E-state index in [2.05, 4.69) is 9.97 Å². The average Bonchev–Trinajstić information content (AvgIpc) is 2.80. The molecule has 21 radical (unpaired) electrons. The van der Waals surface area contributed by atoms with E-state index >= 15 is 0 Å². The predicted molar refractivity (Wildman–Crippen MR) is 200 cm³/mol. The summed E-state index contributed by atoms with van der Waals surface area (Å²) in [7, 11) is 58.4. The number of hydrogen-bond acceptors (Lipinski definition) is 6. The zero-order valence-electron chi connectivity index (χ0n) is 26.7. The van der Waals surface area contributed by atoms with Crippen LogP contribution in [0, 0.1) is 0 Å². The Morgan fingerprint density at radius 2 is 1.05 bits per heavy atom. The van der Waals surface area contributed by atoms with Gasteiger partial charge in [-0.2, -0.15) is 0 Å². The van der Waals surface area contributed by atoms with Crippen LogP contribution in [-0.4, -0.2) is 169 Å². The van der Waals surface area contributed by atoms with Gasteiger partial charge in [-0.05, 0) is 53.0 Å². The standard InChI is InChI=1S/C17H27N3O4.B19/c1-11(2)12-9-18-13(19-10-12)20(14(21)23-16(3,4)5)15(22)24-17(6,7)8;1-11-16(10)19(17(12(2)3)13(4)5)18(14(6)7)15(8)9/h9-11H,1-8H3;. The Labute approximate surface area is 277 Å². The molecule has 0 aliphatic carbocycles. The third-order valence-corrected chi connectivity index (χ3v) is 6.01. The minimum Gasteiger partial charge on any atom is -0.443 e. The number of nitrogens with zero attached hydrogens (tertiary/aromatic N) is 3. The molecule has 7 nitrogen and oxygen atoms in total. The summed E-state index contributed by atoms with van der Waals surface area (Å²) in [6.45, 7) is 14.3. The molecule has 0 fully saturated rings. The van der Waals surface area contributed by atoms with Crippen molar-refractivity contribution in [2.75, 3.05) is 4.90 Å². The summed E-state index contributed by atoms with van der Waals surface area (Å²) in [6, 6.07) is 0. The number of hydrogen-bond donors (Lipinski definition) is 0. The van der Waals surface area contributed by atoms with Crippen LogP contribution in [0.4, 0.5) is 15.5 Å². The van der Waals surface area contributed by atoms with Gasteiger partial charge >= 0.3 is 12.2 Å². The fourth-order valence-electron chi connectivity index (χ4n) is 4.04. The van der Waals surface area contributed by atoms with Crippen molar-refractivity contribution in [3.63, 3.8) is 0 Å². The summed E-state index contributed by atoms with van der Waals surface area (Å²) in [6.07, 6.45) is -4.33. The van der Waals surface area contributed by atoms with Gasteiger partial charge in [0.15, 0.2) is 0 Å². The Morgan fingerprint density at radius 1 is 0.721 bits per heavy atom. The van der Waals surface area contributed by atoms with Crippen molar-refractivity contribution < 1.29 is 19.1 Å². The van der Waals surface area contributed by atoms with Crippen molar-refractivity contribution in [2.24, 2.45) is 0 Å². The van der Waals surface area contributed by atoms with E-state index in [0.29, 0.717) is 4.90 Å². The molecule has 0 spiro atoms. The van der Waals surface area contributed by atoms with Crippen LogP contribution >= 0.6 is 0 Å². The highest BCUT2D eigenvalue weighted by atomic mass is 16.6. The van der Waals surface area contributed by atoms with Crippen LogP contribution in [0.2, 0.25) is 0 Å². The van der Waals surface area contributed by atoms with Crippen LogP contribution in [-0.2, 0) is 9.47 Å². The van der Waals surface area contributed by atoms with Crippen molar-refractivity contribution in [3.05, 3.63) is 18.0 Å². The van der Waals surface area contributed by atoms with E-state index < -0.39 is 74.5 Å². The topological polar surface area (TPSA) is 81.6 Å². The highest BCUT2D eigenvalue weighted by Crippen LogP contribution is 2.20. The van der Waals surface area contributed by atoms with Crippen molar-refractivity contribution in [1.82, 2.24) is 9.97 Å². The van der Waals surface area contributed by atoms with Gasteiger partial charge in [-0.1, -0.05) is 13.8 Å². The van der Waals surface area contributed by atoms with Gasteiger partial charge in [0, 0.05) is 148 Å². The van der Waals surface area contributed by atoms with Gasteiger partial charge in [-0.25, -0.2) is 19.6 Å². The van der Waals surface area contributed by atoms with Gasteiger partial charge in [0.25, 0.3) is 0 Å². The maximum atomic E-state index is 12.4. The van der Waals surface area contributed by atoms with E-state index in [-0.39, 0.29) is 11.9 Å². The van der Waals surface area contributed by atoms with E-state index in [4.69, 9.17) is 86.8 Å². The molecule has 0 aromatic carbocycles. The Morgan fingerprint density at radius 3 is 1.28 bits per heavy atom. The lowest BCUT2D eigenvalue weighted by Gasteiger charge is -2.41. The molecule has 0 saturated carbocycles. The number of imide groups is 1. The first-order valence-corrected chi connectivity index (χ1v) is 13.9. The molecule has 1 aromatic heterocycles. The first-order valence-electron chi connectivity index (χ1n) is 13.9. The molecule has 0 unspecified atom stereocenters. The maximum Gasteiger partial charge on any atom is 0.427 e. The van der Waals surface area contributed by atoms with Crippen LogP contribution in [0.3, 0.4) is 0 Å². The molecule has 1 aromatic rings. The van der Waals surface area contributed by atoms with E-state index in [1.807, 2.05) is 13.8 Å². The summed E-state index contributed by atoms with van der Waals surface area (Å²) < 4.78 is 10.5. The van der Waals surface area contributed by atoms with Crippen molar-refractivity contribution in [2.45, 2.75) is 72.5 Å². The smallest absolute Gasteiger partial charge is 0.427 e. The fourth-order valence-corrected chi connectivity index (χ4v) is 4.04. The SMILES string of the molecule is CC(C)c1cnc(N(C(=O)OC(C)(C)C)C(=O)OC(C)(C)C)nc1.[B][B]B([B])B(B(B([B])[B])B([B])[B])B(B([B])[B])B([B])[B]. The van der Waals surface area contributed by atoms with Crippen LogP contribution < -0.4 is 4.90 Å². The molecule has 0 aliphatic rings. The van der Waals surface area contributed by atoms with Gasteiger partial charge in [-0.3, -0.25) is 0 Å². The predicted octanol–water partition coefficient (Wildman–Crippen LogP) is -2.96. The highest BCUT2D eigenvalue weighted by molar-refractivity contribution is 8.18. The number of amides is 2. The summed E-state index contributed by atoms with van der Waals surface area (Å²) in [4.78, 5) is 33.8. The second-order valence-corrected chi connectivity index (χ2v) is 12.6. The van der Waals surface area contributed by atoms with Gasteiger partial charge in [0.2, 0.25) is 5.95 Å². The number of aromatic nitrogens is 2. The quantitative estimate of drug-likeness (QED) is 0.294. The number of carbonyl (C=O) groups excluding carboxylic acids is 2. The third-order valence-electron chi connectivity index (χ3n) is 6.01. The van der Waals surface area contributed by atoms with Crippen LogP contribution in [0.25, 0.3) is 0 Å². The summed E-state index contributed by atoms with van der Waals surface area (Å²) >= 11 is 0. The highest BCUT2D eigenvalue weighted by Gasteiger charge is 2.42. The zero-order valence-corrected chi connectivity index (χ0v) is 26.7. The largest absolute Gasteiger partial charge is 0.443 e. The molecular formula is C17H27B19N3O4. The number of carbonyl (C=O) groups is 2. The first-order chi connectivity index (χ1) is 19.4. The van der Waals surface area contributed by atoms with E-state index in [9.17, 15) is 9.59 Å². The molecule has 0 atom stereocenters. The molecular weight excluding hydrogens is 516 g/mol. The second kappa shape index (κ2) is 18.3. The molecule has 26 heteroatoms. The number of rotatable bonds is 10.